The number of benzene rings is 1. The first-order valence-electron chi connectivity index (χ1n) is 7.94. The minimum Gasteiger partial charge on any atom is -0.497 e. The fourth-order valence-corrected chi connectivity index (χ4v) is 2.88. The van der Waals surface area contributed by atoms with E-state index in [2.05, 4.69) is 15.5 Å². The molecule has 25 heavy (non-hydrogen) atoms. The number of anilines is 1. The molecule has 6 nitrogen and oxygen atoms in total. The first kappa shape index (κ1) is 17.5. The summed E-state index contributed by atoms with van der Waals surface area (Å²) in [5, 5.41) is 6.92. The summed E-state index contributed by atoms with van der Waals surface area (Å²) in [5.41, 5.74) is 0.758. The largest absolute Gasteiger partial charge is 0.497 e. The van der Waals surface area contributed by atoms with Crippen molar-refractivity contribution in [2.45, 2.75) is 12.6 Å². The molecular formula is C16H19F3N4O2. The number of aromatic nitrogens is 2. The zero-order chi connectivity index (χ0) is 17.9. The topological polar surface area (TPSA) is 63.4 Å². The third-order valence-electron chi connectivity index (χ3n) is 4.07. The van der Waals surface area contributed by atoms with E-state index in [9.17, 15) is 13.2 Å². The molecule has 2 heterocycles. The van der Waals surface area contributed by atoms with Crippen LogP contribution in [-0.4, -0.2) is 54.5 Å². The molecule has 0 radical (unpaired) electrons. The van der Waals surface area contributed by atoms with Crippen LogP contribution in [0.5, 0.6) is 5.75 Å². The summed E-state index contributed by atoms with van der Waals surface area (Å²) in [6.07, 6.45) is -3.44. The second kappa shape index (κ2) is 7.30. The molecule has 1 aromatic carbocycles. The maximum absolute atomic E-state index is 12.4. The number of methoxy groups -OCH3 is 1. The van der Waals surface area contributed by atoms with Gasteiger partial charge in [0.25, 0.3) is 0 Å². The van der Waals surface area contributed by atoms with Crippen LogP contribution in [0.2, 0.25) is 0 Å². The van der Waals surface area contributed by atoms with Crippen molar-refractivity contribution in [3.05, 3.63) is 24.3 Å². The maximum Gasteiger partial charge on any atom is 0.401 e. The fourth-order valence-electron chi connectivity index (χ4n) is 2.88. The lowest BCUT2D eigenvalue weighted by Gasteiger charge is -2.17. The Bertz CT molecular complexity index is 705. The second-order valence-corrected chi connectivity index (χ2v) is 6.04. The van der Waals surface area contributed by atoms with Crippen molar-refractivity contribution in [2.75, 3.05) is 38.6 Å². The van der Waals surface area contributed by atoms with E-state index in [1.165, 1.54) is 4.90 Å². The number of alkyl halides is 3. The van der Waals surface area contributed by atoms with Crippen LogP contribution in [0.3, 0.4) is 0 Å². The smallest absolute Gasteiger partial charge is 0.401 e. The molecule has 9 heteroatoms. The highest BCUT2D eigenvalue weighted by Gasteiger charge is 2.34. The molecule has 0 amide bonds. The van der Waals surface area contributed by atoms with Gasteiger partial charge in [0.15, 0.2) is 0 Å². The van der Waals surface area contributed by atoms with Crippen LogP contribution in [0, 0.1) is 5.92 Å². The molecule has 0 spiro atoms. The van der Waals surface area contributed by atoms with Crippen molar-refractivity contribution in [3.8, 4) is 17.1 Å². The molecule has 1 N–H and O–H groups in total. The Kier molecular flexibility index (Phi) is 5.12. The van der Waals surface area contributed by atoms with Crippen LogP contribution < -0.4 is 10.1 Å². The van der Waals surface area contributed by atoms with Crippen molar-refractivity contribution in [1.82, 2.24) is 15.0 Å². The summed E-state index contributed by atoms with van der Waals surface area (Å²) >= 11 is 0. The molecule has 1 unspecified atom stereocenters. The van der Waals surface area contributed by atoms with Gasteiger partial charge in [0.1, 0.15) is 5.75 Å². The van der Waals surface area contributed by atoms with Gasteiger partial charge < -0.3 is 14.6 Å². The van der Waals surface area contributed by atoms with Crippen LogP contribution in [0.1, 0.15) is 6.42 Å². The van der Waals surface area contributed by atoms with E-state index < -0.39 is 12.7 Å². The summed E-state index contributed by atoms with van der Waals surface area (Å²) in [5.74, 6) is 1.23. The van der Waals surface area contributed by atoms with Crippen molar-refractivity contribution in [3.63, 3.8) is 0 Å². The SMILES string of the molecule is COc1cccc(-c2noc(NCC3CCN(CC(F)(F)F)C3)n2)c1. The molecule has 0 bridgehead atoms. The lowest BCUT2D eigenvalue weighted by atomic mass is 10.1. The van der Waals surface area contributed by atoms with E-state index in [1.807, 2.05) is 18.2 Å². The zero-order valence-corrected chi connectivity index (χ0v) is 13.7. The van der Waals surface area contributed by atoms with Gasteiger partial charge in [-0.2, -0.15) is 18.2 Å². The summed E-state index contributed by atoms with van der Waals surface area (Å²) in [6, 6.07) is 7.53. The van der Waals surface area contributed by atoms with Gasteiger partial charge in [0.05, 0.1) is 13.7 Å². The van der Waals surface area contributed by atoms with Crippen molar-refractivity contribution >= 4 is 6.01 Å². The van der Waals surface area contributed by atoms with E-state index in [1.54, 1.807) is 13.2 Å². The number of nitrogens with zero attached hydrogens (tertiary/aromatic N) is 3. The molecule has 1 saturated heterocycles. The number of nitrogens with one attached hydrogen (secondary N) is 1. The van der Waals surface area contributed by atoms with Crippen molar-refractivity contribution in [2.24, 2.45) is 5.92 Å². The first-order valence-corrected chi connectivity index (χ1v) is 7.94. The van der Waals surface area contributed by atoms with Gasteiger partial charge in [-0.3, -0.25) is 4.90 Å². The van der Waals surface area contributed by atoms with Crippen LogP contribution in [0.15, 0.2) is 28.8 Å². The van der Waals surface area contributed by atoms with Crippen LogP contribution in [0.25, 0.3) is 11.4 Å². The van der Waals surface area contributed by atoms with E-state index in [0.29, 0.717) is 37.6 Å². The average Bonchev–Trinajstić information content (AvgIpc) is 3.21. The average molecular weight is 356 g/mol. The standard InChI is InChI=1S/C16H19F3N4O2/c1-24-13-4-2-3-12(7-13)14-21-15(25-22-14)20-8-11-5-6-23(9-11)10-16(17,18)19/h2-4,7,11H,5-6,8-10H2,1H3,(H,20,21,22). The molecule has 1 aliphatic heterocycles. The van der Waals surface area contributed by atoms with E-state index in [0.717, 1.165) is 5.56 Å². The Morgan fingerprint density at radius 3 is 3.00 bits per heavy atom. The predicted molar refractivity (Wildman–Crippen MR) is 85.4 cm³/mol. The van der Waals surface area contributed by atoms with Gasteiger partial charge >= 0.3 is 12.2 Å². The minimum absolute atomic E-state index is 0.120. The fraction of sp³-hybridized carbons (Fsp3) is 0.500. The Morgan fingerprint density at radius 1 is 1.40 bits per heavy atom. The Hall–Kier alpha value is -2.29. The van der Waals surface area contributed by atoms with E-state index in [4.69, 9.17) is 9.26 Å². The minimum atomic E-state index is -4.15. The molecule has 1 aliphatic rings. The molecule has 2 aromatic rings. The molecule has 1 aromatic heterocycles. The van der Waals surface area contributed by atoms with Crippen LogP contribution in [-0.2, 0) is 0 Å². The Balaban J connectivity index is 1.52. The predicted octanol–water partition coefficient (Wildman–Crippen LogP) is 3.04. The Morgan fingerprint density at radius 2 is 2.24 bits per heavy atom. The van der Waals surface area contributed by atoms with E-state index >= 15 is 0 Å². The lowest BCUT2D eigenvalue weighted by molar-refractivity contribution is -0.143. The second-order valence-electron chi connectivity index (χ2n) is 6.04. The highest BCUT2D eigenvalue weighted by molar-refractivity contribution is 5.57. The van der Waals surface area contributed by atoms with Crippen molar-refractivity contribution < 1.29 is 22.4 Å². The highest BCUT2D eigenvalue weighted by atomic mass is 19.4. The molecular weight excluding hydrogens is 337 g/mol. The molecule has 1 atom stereocenters. The number of likely N-dealkylation sites (tertiary alicyclic amines) is 1. The molecule has 136 valence electrons. The molecule has 1 fully saturated rings. The van der Waals surface area contributed by atoms with Crippen molar-refractivity contribution in [1.29, 1.82) is 0 Å². The third kappa shape index (κ3) is 4.85. The molecule has 3 rings (SSSR count). The monoisotopic (exact) mass is 356 g/mol. The molecule has 0 aliphatic carbocycles. The van der Waals surface area contributed by atoms with Crippen LogP contribution >= 0.6 is 0 Å². The van der Waals surface area contributed by atoms with Gasteiger partial charge in [-0.1, -0.05) is 17.3 Å². The quantitative estimate of drug-likeness (QED) is 0.858. The highest BCUT2D eigenvalue weighted by Crippen LogP contribution is 2.24. The Labute approximate surface area is 143 Å². The maximum atomic E-state index is 12.4. The van der Waals surface area contributed by atoms with Gasteiger partial charge in [0, 0.05) is 18.7 Å². The van der Waals surface area contributed by atoms with Gasteiger partial charge in [-0.25, -0.2) is 0 Å². The summed E-state index contributed by atoms with van der Waals surface area (Å²) < 4.78 is 47.5. The lowest BCUT2D eigenvalue weighted by Crippen LogP contribution is -2.33. The summed E-state index contributed by atoms with van der Waals surface area (Å²) in [4.78, 5) is 5.68. The van der Waals surface area contributed by atoms with Gasteiger partial charge in [-0.05, 0) is 31.0 Å². The van der Waals surface area contributed by atoms with E-state index in [-0.39, 0.29) is 11.9 Å². The number of rotatable bonds is 6. The first-order chi connectivity index (χ1) is 11.9. The number of halogens is 3. The number of hydrogen-bond donors (Lipinski definition) is 1. The normalized spacial score (nSPS) is 18.5. The molecule has 0 saturated carbocycles. The number of hydrogen-bond acceptors (Lipinski definition) is 6. The van der Waals surface area contributed by atoms with Gasteiger partial charge in [-0.15, -0.1) is 0 Å². The third-order valence-corrected chi connectivity index (χ3v) is 4.07. The van der Waals surface area contributed by atoms with Gasteiger partial charge in [0.2, 0.25) is 5.82 Å². The zero-order valence-electron chi connectivity index (χ0n) is 13.7. The number of ether oxygens (including phenoxy) is 1. The summed E-state index contributed by atoms with van der Waals surface area (Å²) in [7, 11) is 1.58. The summed E-state index contributed by atoms with van der Waals surface area (Å²) in [6.45, 7) is 0.492. The van der Waals surface area contributed by atoms with Crippen LogP contribution in [0.4, 0.5) is 19.2 Å².